The summed E-state index contributed by atoms with van der Waals surface area (Å²) >= 11 is 6.12. The van der Waals surface area contributed by atoms with E-state index in [4.69, 9.17) is 17.3 Å². The third kappa shape index (κ3) is 5.82. The predicted octanol–water partition coefficient (Wildman–Crippen LogP) is 2.64. The maximum Gasteiger partial charge on any atom is 0.254 e. The molecule has 2 fully saturated rings. The van der Waals surface area contributed by atoms with E-state index in [1.54, 1.807) is 53.4 Å². The lowest BCUT2D eigenvalue weighted by Gasteiger charge is -2.33. The van der Waals surface area contributed by atoms with Gasteiger partial charge < -0.3 is 21.3 Å². The maximum atomic E-state index is 13.5. The van der Waals surface area contributed by atoms with Crippen LogP contribution in [0.1, 0.15) is 58.4 Å². The predicted molar refractivity (Wildman–Crippen MR) is 132 cm³/mol. The lowest BCUT2D eigenvalue weighted by molar-refractivity contribution is -0.125. The minimum atomic E-state index is -0.618. The zero-order valence-electron chi connectivity index (χ0n) is 19.3. The van der Waals surface area contributed by atoms with Crippen molar-refractivity contribution in [1.29, 1.82) is 0 Å². The highest BCUT2D eigenvalue weighted by Gasteiger charge is 2.47. The molecule has 1 saturated carbocycles. The summed E-state index contributed by atoms with van der Waals surface area (Å²) in [6.45, 7) is 0.0392. The standard InChI is InChI=1S/C26H29ClN4O4/c27-20-6-3-5-19(12-20)26(35)31-21-7-2-1-4-18(21)13-22(31)25(34)29-14-16-8-10-17(11-9-16)24(33)30-15-23(28)32/h3,5-6,8-12,18,21-22H,1-2,4,7,13-15H2,(H2,28,32)(H,29,34)(H,30,33). The number of carbonyl (C=O) groups excluding carboxylic acids is 4. The monoisotopic (exact) mass is 496 g/mol. The largest absolute Gasteiger partial charge is 0.368 e. The molecule has 1 heterocycles. The average Bonchev–Trinajstić information content (AvgIpc) is 3.25. The van der Waals surface area contributed by atoms with Crippen LogP contribution < -0.4 is 16.4 Å². The maximum absolute atomic E-state index is 13.5. The lowest BCUT2D eigenvalue weighted by Crippen LogP contribution is -2.49. The van der Waals surface area contributed by atoms with Gasteiger partial charge in [0, 0.05) is 28.7 Å². The first kappa shape index (κ1) is 24.7. The normalized spacial score (nSPS) is 21.2. The van der Waals surface area contributed by atoms with Gasteiger partial charge in [0.2, 0.25) is 11.8 Å². The Labute approximate surface area is 209 Å². The van der Waals surface area contributed by atoms with Gasteiger partial charge in [-0.3, -0.25) is 19.2 Å². The van der Waals surface area contributed by atoms with Crippen LogP contribution in [-0.4, -0.2) is 47.2 Å². The van der Waals surface area contributed by atoms with E-state index >= 15 is 0 Å². The van der Waals surface area contributed by atoms with Crippen molar-refractivity contribution in [3.05, 3.63) is 70.2 Å². The van der Waals surface area contributed by atoms with E-state index in [0.717, 1.165) is 31.2 Å². The van der Waals surface area contributed by atoms with Crippen molar-refractivity contribution in [3.63, 3.8) is 0 Å². The second-order valence-corrected chi connectivity index (χ2v) is 9.59. The third-order valence-electron chi connectivity index (χ3n) is 6.80. The van der Waals surface area contributed by atoms with Crippen molar-refractivity contribution in [3.8, 4) is 0 Å². The highest BCUT2D eigenvalue weighted by molar-refractivity contribution is 6.31. The molecule has 9 heteroatoms. The second-order valence-electron chi connectivity index (χ2n) is 9.15. The first-order valence-corrected chi connectivity index (χ1v) is 12.2. The van der Waals surface area contributed by atoms with Crippen molar-refractivity contribution in [1.82, 2.24) is 15.5 Å². The summed E-state index contributed by atoms with van der Waals surface area (Å²) in [7, 11) is 0. The number of halogens is 1. The molecule has 0 bridgehead atoms. The van der Waals surface area contributed by atoms with Crippen LogP contribution in [0.15, 0.2) is 48.5 Å². The van der Waals surface area contributed by atoms with E-state index in [1.165, 1.54) is 0 Å². The van der Waals surface area contributed by atoms with Crippen LogP contribution in [0.25, 0.3) is 0 Å². The summed E-state index contributed by atoms with van der Waals surface area (Å²) in [4.78, 5) is 51.4. The molecule has 4 N–H and O–H groups in total. The van der Waals surface area contributed by atoms with Crippen molar-refractivity contribution in [2.75, 3.05) is 6.54 Å². The number of nitrogens with two attached hydrogens (primary N) is 1. The van der Waals surface area contributed by atoms with Gasteiger partial charge in [0.1, 0.15) is 6.04 Å². The zero-order valence-corrected chi connectivity index (χ0v) is 20.1. The number of hydrogen-bond donors (Lipinski definition) is 3. The number of fused-ring (bicyclic) bond motifs is 1. The van der Waals surface area contributed by atoms with Gasteiger partial charge >= 0.3 is 0 Å². The number of nitrogens with zero attached hydrogens (tertiary/aromatic N) is 1. The number of primary amides is 1. The summed E-state index contributed by atoms with van der Waals surface area (Å²) < 4.78 is 0. The second kappa shape index (κ2) is 10.9. The van der Waals surface area contributed by atoms with E-state index in [-0.39, 0.29) is 30.9 Å². The van der Waals surface area contributed by atoms with Gasteiger partial charge in [-0.05, 0) is 61.1 Å². The highest BCUT2D eigenvalue weighted by Crippen LogP contribution is 2.40. The van der Waals surface area contributed by atoms with E-state index in [0.29, 0.717) is 28.5 Å². The molecule has 2 aromatic rings. The fourth-order valence-electron chi connectivity index (χ4n) is 5.11. The minimum absolute atomic E-state index is 0.0594. The van der Waals surface area contributed by atoms with E-state index in [1.807, 2.05) is 0 Å². The molecule has 2 aliphatic rings. The van der Waals surface area contributed by atoms with E-state index in [9.17, 15) is 19.2 Å². The van der Waals surface area contributed by atoms with Gasteiger partial charge in [-0.15, -0.1) is 0 Å². The Kier molecular flexibility index (Phi) is 7.70. The molecule has 35 heavy (non-hydrogen) atoms. The molecule has 1 saturated heterocycles. The topological polar surface area (TPSA) is 122 Å². The molecule has 8 nitrogen and oxygen atoms in total. The number of benzene rings is 2. The molecular formula is C26H29ClN4O4. The lowest BCUT2D eigenvalue weighted by atomic mass is 9.84. The minimum Gasteiger partial charge on any atom is -0.368 e. The molecule has 3 atom stereocenters. The Morgan fingerprint density at radius 1 is 0.971 bits per heavy atom. The molecule has 1 aliphatic carbocycles. The summed E-state index contributed by atoms with van der Waals surface area (Å²) in [6, 6.07) is 13.1. The van der Waals surface area contributed by atoms with Gasteiger partial charge in [-0.25, -0.2) is 0 Å². The van der Waals surface area contributed by atoms with Crippen molar-refractivity contribution in [2.45, 2.75) is 50.7 Å². The van der Waals surface area contributed by atoms with Crippen LogP contribution in [-0.2, 0) is 16.1 Å². The fraction of sp³-hybridized carbons (Fsp3) is 0.385. The molecule has 184 valence electrons. The molecule has 1 aliphatic heterocycles. The van der Waals surface area contributed by atoms with Gasteiger partial charge in [-0.2, -0.15) is 0 Å². The molecular weight excluding hydrogens is 468 g/mol. The van der Waals surface area contributed by atoms with Crippen LogP contribution in [0.2, 0.25) is 5.02 Å². The van der Waals surface area contributed by atoms with Crippen LogP contribution in [0, 0.1) is 5.92 Å². The smallest absolute Gasteiger partial charge is 0.254 e. The molecule has 3 unspecified atom stereocenters. The zero-order chi connectivity index (χ0) is 24.9. The number of carbonyl (C=O) groups is 4. The summed E-state index contributed by atoms with van der Waals surface area (Å²) in [5, 5.41) is 5.89. The Balaban J connectivity index is 1.43. The fourth-order valence-corrected chi connectivity index (χ4v) is 5.30. The van der Waals surface area contributed by atoms with Gasteiger partial charge in [-0.1, -0.05) is 42.6 Å². The summed E-state index contributed by atoms with van der Waals surface area (Å²) in [5.41, 5.74) is 6.74. The Hall–Kier alpha value is -3.39. The van der Waals surface area contributed by atoms with Crippen LogP contribution in [0.4, 0.5) is 0 Å². The number of rotatable bonds is 7. The molecule has 4 amide bonds. The van der Waals surface area contributed by atoms with Crippen molar-refractivity contribution >= 4 is 35.2 Å². The van der Waals surface area contributed by atoms with Crippen LogP contribution in [0.3, 0.4) is 0 Å². The van der Waals surface area contributed by atoms with Crippen molar-refractivity contribution in [2.24, 2.45) is 11.7 Å². The number of amides is 4. The van der Waals surface area contributed by atoms with E-state index in [2.05, 4.69) is 10.6 Å². The van der Waals surface area contributed by atoms with Crippen LogP contribution in [0.5, 0.6) is 0 Å². The third-order valence-corrected chi connectivity index (χ3v) is 7.04. The summed E-state index contributed by atoms with van der Waals surface area (Å²) in [5.74, 6) is -1.04. The average molecular weight is 497 g/mol. The Morgan fingerprint density at radius 3 is 2.43 bits per heavy atom. The Morgan fingerprint density at radius 2 is 1.71 bits per heavy atom. The molecule has 2 aromatic carbocycles. The molecule has 0 aromatic heterocycles. The van der Waals surface area contributed by atoms with E-state index < -0.39 is 17.9 Å². The van der Waals surface area contributed by atoms with Gasteiger partial charge in [0.15, 0.2) is 0 Å². The molecule has 0 spiro atoms. The van der Waals surface area contributed by atoms with Gasteiger partial charge in [0.25, 0.3) is 11.8 Å². The first-order valence-electron chi connectivity index (χ1n) is 11.8. The van der Waals surface area contributed by atoms with Crippen molar-refractivity contribution < 1.29 is 19.2 Å². The number of likely N-dealkylation sites (tertiary alicyclic amines) is 1. The van der Waals surface area contributed by atoms with Crippen LogP contribution >= 0.6 is 11.6 Å². The van der Waals surface area contributed by atoms with Gasteiger partial charge in [0.05, 0.1) is 6.54 Å². The highest BCUT2D eigenvalue weighted by atomic mass is 35.5. The first-order chi connectivity index (χ1) is 16.8. The number of nitrogens with one attached hydrogen (secondary N) is 2. The quantitative estimate of drug-likeness (QED) is 0.545. The SMILES string of the molecule is NC(=O)CNC(=O)c1ccc(CNC(=O)C2CC3CCCCC3N2C(=O)c2cccc(Cl)c2)cc1. The Bertz CT molecular complexity index is 1120. The molecule has 4 rings (SSSR count). The number of hydrogen-bond acceptors (Lipinski definition) is 4. The molecule has 0 radical (unpaired) electrons. The summed E-state index contributed by atoms with van der Waals surface area (Å²) in [6.07, 6.45) is 4.75.